The second kappa shape index (κ2) is 7.00. The van der Waals surface area contributed by atoms with Crippen LogP contribution >= 0.6 is 0 Å². The molecule has 7 heteroatoms. The van der Waals surface area contributed by atoms with Gasteiger partial charge in [0.05, 0.1) is 19.3 Å². The number of carbonyl (C=O) groups is 1. The van der Waals surface area contributed by atoms with Gasteiger partial charge in [-0.2, -0.15) is 0 Å². The number of nitrogens with one attached hydrogen (secondary N) is 1. The molecule has 3 N–H and O–H groups in total. The summed E-state index contributed by atoms with van der Waals surface area (Å²) in [5.74, 6) is 4.92. The molecule has 0 bridgehead atoms. The Hall–Kier alpha value is -1.44. The summed E-state index contributed by atoms with van der Waals surface area (Å²) in [6, 6.07) is 1.48. The zero-order chi connectivity index (χ0) is 12.7. The smallest absolute Gasteiger partial charge is 0.287 e. The highest BCUT2D eigenvalue weighted by atomic mass is 16.5. The molecule has 1 rings (SSSR count). The van der Waals surface area contributed by atoms with E-state index in [4.69, 9.17) is 19.8 Å². The van der Waals surface area contributed by atoms with Gasteiger partial charge in [-0.05, 0) is 13.8 Å². The Morgan fingerprint density at radius 3 is 3.00 bits per heavy atom. The van der Waals surface area contributed by atoms with Crippen molar-refractivity contribution in [1.29, 1.82) is 0 Å². The van der Waals surface area contributed by atoms with Crippen molar-refractivity contribution in [3.63, 3.8) is 0 Å². The molecule has 0 aliphatic carbocycles. The van der Waals surface area contributed by atoms with E-state index in [1.807, 2.05) is 19.3 Å². The van der Waals surface area contributed by atoms with Crippen LogP contribution in [-0.2, 0) is 16.1 Å². The molecule has 0 radical (unpaired) electrons. The molecule has 1 aromatic rings. The predicted octanol–water partition coefficient (Wildman–Crippen LogP) is 0.220. The number of rotatable bonds is 7. The van der Waals surface area contributed by atoms with E-state index in [1.54, 1.807) is 0 Å². The third-order valence-corrected chi connectivity index (χ3v) is 1.85. The minimum Gasteiger partial charge on any atom is -0.376 e. The van der Waals surface area contributed by atoms with E-state index in [9.17, 15) is 4.79 Å². The van der Waals surface area contributed by atoms with E-state index in [0.29, 0.717) is 19.0 Å². The van der Waals surface area contributed by atoms with Crippen LogP contribution < -0.4 is 11.3 Å². The summed E-state index contributed by atoms with van der Waals surface area (Å²) < 4.78 is 15.4. The van der Waals surface area contributed by atoms with Gasteiger partial charge in [-0.1, -0.05) is 5.16 Å². The number of nitrogens with zero attached hydrogens (tertiary/aromatic N) is 1. The number of hydrazine groups is 1. The predicted molar refractivity (Wildman–Crippen MR) is 58.9 cm³/mol. The molecule has 0 spiro atoms. The van der Waals surface area contributed by atoms with Crippen molar-refractivity contribution in [2.75, 3.05) is 13.2 Å². The van der Waals surface area contributed by atoms with Gasteiger partial charge in [0.1, 0.15) is 6.61 Å². The van der Waals surface area contributed by atoms with E-state index >= 15 is 0 Å². The maximum absolute atomic E-state index is 11.1. The van der Waals surface area contributed by atoms with Gasteiger partial charge in [0.15, 0.2) is 11.5 Å². The molecule has 1 heterocycles. The fourth-order valence-electron chi connectivity index (χ4n) is 1.08. The van der Waals surface area contributed by atoms with Crippen LogP contribution in [-0.4, -0.2) is 30.4 Å². The first-order valence-electron chi connectivity index (χ1n) is 5.29. The fraction of sp³-hybridized carbons (Fsp3) is 0.600. The Balaban J connectivity index is 2.23. The van der Waals surface area contributed by atoms with Crippen LogP contribution in [0.25, 0.3) is 0 Å². The minimum absolute atomic E-state index is 0.129. The molecule has 0 fully saturated rings. The maximum Gasteiger partial charge on any atom is 0.287 e. The van der Waals surface area contributed by atoms with Crippen molar-refractivity contribution in [2.45, 2.75) is 26.6 Å². The lowest BCUT2D eigenvalue weighted by atomic mass is 10.3. The average Bonchev–Trinajstić information content (AvgIpc) is 2.76. The molecule has 1 aromatic heterocycles. The summed E-state index contributed by atoms with van der Waals surface area (Å²) in [4.78, 5) is 11.1. The number of ether oxygens (including phenoxy) is 2. The first-order valence-corrected chi connectivity index (χ1v) is 5.29. The van der Waals surface area contributed by atoms with Gasteiger partial charge in [0.2, 0.25) is 0 Å². The Morgan fingerprint density at radius 1 is 1.59 bits per heavy atom. The maximum atomic E-state index is 11.1. The summed E-state index contributed by atoms with van der Waals surface area (Å²) in [5.41, 5.74) is 2.09. The van der Waals surface area contributed by atoms with Crippen molar-refractivity contribution in [3.05, 3.63) is 17.5 Å². The zero-order valence-corrected chi connectivity index (χ0v) is 9.93. The van der Waals surface area contributed by atoms with Crippen molar-refractivity contribution >= 4 is 5.91 Å². The van der Waals surface area contributed by atoms with Gasteiger partial charge in [-0.3, -0.25) is 10.2 Å². The first kappa shape index (κ1) is 13.6. The van der Waals surface area contributed by atoms with E-state index in [0.717, 1.165) is 0 Å². The fourth-order valence-corrected chi connectivity index (χ4v) is 1.08. The van der Waals surface area contributed by atoms with Crippen LogP contribution in [0.15, 0.2) is 10.6 Å². The normalized spacial score (nSPS) is 10.8. The monoisotopic (exact) mass is 243 g/mol. The van der Waals surface area contributed by atoms with Gasteiger partial charge in [0.25, 0.3) is 5.91 Å². The van der Waals surface area contributed by atoms with Crippen LogP contribution in [0.4, 0.5) is 0 Å². The lowest BCUT2D eigenvalue weighted by Gasteiger charge is -2.06. The molecule has 7 nitrogen and oxygen atoms in total. The largest absolute Gasteiger partial charge is 0.376 e. The van der Waals surface area contributed by atoms with Crippen LogP contribution in [0.2, 0.25) is 0 Å². The Kier molecular flexibility index (Phi) is 5.61. The van der Waals surface area contributed by atoms with Gasteiger partial charge in [-0.25, -0.2) is 5.84 Å². The lowest BCUT2D eigenvalue weighted by molar-refractivity contribution is 0.00926. The van der Waals surface area contributed by atoms with Crippen molar-refractivity contribution < 1.29 is 18.8 Å². The van der Waals surface area contributed by atoms with Crippen LogP contribution in [0.3, 0.4) is 0 Å². The van der Waals surface area contributed by atoms with Gasteiger partial charge in [-0.15, -0.1) is 0 Å². The molecule has 1 amide bonds. The Labute approximate surface area is 99.2 Å². The van der Waals surface area contributed by atoms with E-state index in [-0.39, 0.29) is 18.4 Å². The summed E-state index contributed by atoms with van der Waals surface area (Å²) in [6.07, 6.45) is 0.184. The SMILES string of the molecule is CC(C)OCCOCc1cc(C(=O)NN)no1. The number of aromatic nitrogens is 1. The van der Waals surface area contributed by atoms with Gasteiger partial charge < -0.3 is 14.0 Å². The highest BCUT2D eigenvalue weighted by molar-refractivity contribution is 5.91. The highest BCUT2D eigenvalue weighted by Gasteiger charge is 2.10. The summed E-state index contributed by atoms with van der Waals surface area (Å²) in [7, 11) is 0. The number of amides is 1. The second-order valence-corrected chi connectivity index (χ2v) is 3.62. The zero-order valence-electron chi connectivity index (χ0n) is 9.93. The molecule has 0 aliphatic rings. The lowest BCUT2D eigenvalue weighted by Crippen LogP contribution is -2.30. The van der Waals surface area contributed by atoms with Crippen molar-refractivity contribution in [1.82, 2.24) is 10.6 Å². The van der Waals surface area contributed by atoms with Crippen molar-refractivity contribution in [3.8, 4) is 0 Å². The molecule has 0 atom stereocenters. The molecule has 17 heavy (non-hydrogen) atoms. The molecular formula is C10H17N3O4. The number of carbonyl (C=O) groups excluding carboxylic acids is 1. The van der Waals surface area contributed by atoms with E-state index in [2.05, 4.69) is 5.16 Å². The number of nitrogens with two attached hydrogens (primary N) is 1. The number of hydrogen-bond donors (Lipinski definition) is 2. The molecule has 96 valence electrons. The quantitative estimate of drug-likeness (QED) is 0.307. The molecule has 0 saturated heterocycles. The third kappa shape index (κ3) is 4.94. The van der Waals surface area contributed by atoms with Crippen molar-refractivity contribution in [2.24, 2.45) is 5.84 Å². The Bertz CT molecular complexity index is 351. The molecule has 0 aromatic carbocycles. The highest BCUT2D eigenvalue weighted by Crippen LogP contribution is 2.04. The molecule has 0 saturated carbocycles. The topological polar surface area (TPSA) is 99.6 Å². The molecule has 0 aliphatic heterocycles. The summed E-state index contributed by atoms with van der Waals surface area (Å²) in [6.45, 7) is 5.12. The van der Waals surface area contributed by atoms with E-state index < -0.39 is 5.91 Å². The van der Waals surface area contributed by atoms with E-state index in [1.165, 1.54) is 6.07 Å². The third-order valence-electron chi connectivity index (χ3n) is 1.85. The number of hydrogen-bond acceptors (Lipinski definition) is 6. The van der Waals surface area contributed by atoms with Crippen LogP contribution in [0.5, 0.6) is 0 Å². The van der Waals surface area contributed by atoms with Gasteiger partial charge >= 0.3 is 0 Å². The summed E-state index contributed by atoms with van der Waals surface area (Å²) >= 11 is 0. The Morgan fingerprint density at radius 2 is 2.35 bits per heavy atom. The first-order chi connectivity index (χ1) is 8.13. The number of nitrogen functional groups attached to an aromatic ring is 1. The summed E-state index contributed by atoms with van der Waals surface area (Å²) in [5, 5.41) is 3.54. The average molecular weight is 243 g/mol. The minimum atomic E-state index is -0.497. The molecule has 0 unspecified atom stereocenters. The van der Waals surface area contributed by atoms with Gasteiger partial charge in [0, 0.05) is 6.07 Å². The van der Waals surface area contributed by atoms with Crippen LogP contribution in [0.1, 0.15) is 30.1 Å². The standard InChI is InChI=1S/C10H17N3O4/c1-7(2)16-4-3-15-6-8-5-9(13-17-8)10(14)12-11/h5,7H,3-4,6,11H2,1-2H3,(H,12,14). The second-order valence-electron chi connectivity index (χ2n) is 3.62. The molecular weight excluding hydrogens is 226 g/mol. The van der Waals surface area contributed by atoms with Crippen LogP contribution in [0, 0.1) is 0 Å².